The molecule has 6 nitrogen and oxygen atoms in total. The number of phenols is 1. The molecule has 0 bridgehead atoms. The van der Waals surface area contributed by atoms with Crippen LogP contribution < -0.4 is 0 Å². The predicted molar refractivity (Wildman–Crippen MR) is 108 cm³/mol. The number of rotatable bonds is 6. The number of ether oxygens (including phenoxy) is 1. The first-order valence-electron chi connectivity index (χ1n) is 8.78. The van der Waals surface area contributed by atoms with Crippen molar-refractivity contribution in [3.63, 3.8) is 0 Å². The molecule has 0 saturated heterocycles. The van der Waals surface area contributed by atoms with E-state index in [0.29, 0.717) is 16.7 Å². The number of carbonyl (C=O) groups excluding carboxylic acids is 1. The van der Waals surface area contributed by atoms with Crippen molar-refractivity contribution in [2.75, 3.05) is 7.11 Å². The second-order valence-corrected chi connectivity index (χ2v) is 8.43. The Morgan fingerprint density at radius 3 is 2.45 bits per heavy atom. The molecule has 0 aliphatic rings. The maximum atomic E-state index is 12.9. The minimum Gasteiger partial charge on any atom is -0.507 e. The number of phenolic OH excluding ortho intramolecular Hbond substituents is 1. The molecule has 150 valence electrons. The standard InChI is InChI=1S/C22H20O6S/c1-28-22(25)20-10-9-15(11-21(20)24)14-29(26,27)18-7-4-6-16(12-18)19-8-3-2-5-17(19)13-23/h2-12,23-24H,13-14H2,1H3. The molecule has 0 amide bonds. The number of sulfone groups is 1. The lowest BCUT2D eigenvalue weighted by Crippen LogP contribution is -2.07. The molecule has 3 rings (SSSR count). The number of methoxy groups -OCH3 is 1. The Kier molecular flexibility index (Phi) is 6.00. The minimum absolute atomic E-state index is 0.0312. The van der Waals surface area contributed by atoms with Gasteiger partial charge in [-0.3, -0.25) is 0 Å². The monoisotopic (exact) mass is 412 g/mol. The van der Waals surface area contributed by atoms with Gasteiger partial charge in [0, 0.05) is 0 Å². The average Bonchev–Trinajstić information content (AvgIpc) is 2.73. The van der Waals surface area contributed by atoms with E-state index in [1.807, 2.05) is 12.1 Å². The van der Waals surface area contributed by atoms with Gasteiger partial charge in [-0.2, -0.15) is 0 Å². The molecule has 29 heavy (non-hydrogen) atoms. The molecule has 0 heterocycles. The predicted octanol–water partition coefficient (Wildman–Crippen LogP) is 3.31. The first kappa shape index (κ1) is 20.6. The van der Waals surface area contributed by atoms with Crippen LogP contribution in [0, 0.1) is 0 Å². The molecule has 0 aliphatic carbocycles. The lowest BCUT2D eigenvalue weighted by molar-refractivity contribution is 0.0597. The number of aliphatic hydroxyl groups excluding tert-OH is 1. The maximum absolute atomic E-state index is 12.9. The number of esters is 1. The molecule has 0 spiro atoms. The summed E-state index contributed by atoms with van der Waals surface area (Å²) in [6.07, 6.45) is 0. The van der Waals surface area contributed by atoms with Crippen LogP contribution in [0.4, 0.5) is 0 Å². The van der Waals surface area contributed by atoms with Crippen molar-refractivity contribution in [2.24, 2.45) is 0 Å². The number of hydrogen-bond donors (Lipinski definition) is 2. The Morgan fingerprint density at radius 1 is 1.00 bits per heavy atom. The second-order valence-electron chi connectivity index (χ2n) is 6.45. The van der Waals surface area contributed by atoms with Crippen LogP contribution in [0.2, 0.25) is 0 Å². The molecule has 0 radical (unpaired) electrons. The lowest BCUT2D eigenvalue weighted by atomic mass is 10.0. The Morgan fingerprint density at radius 2 is 1.76 bits per heavy atom. The zero-order valence-electron chi connectivity index (χ0n) is 15.7. The molecule has 0 atom stereocenters. The van der Waals surface area contributed by atoms with E-state index in [9.17, 15) is 23.4 Å². The van der Waals surface area contributed by atoms with E-state index in [4.69, 9.17) is 0 Å². The maximum Gasteiger partial charge on any atom is 0.341 e. The first-order valence-corrected chi connectivity index (χ1v) is 10.4. The van der Waals surface area contributed by atoms with Crippen molar-refractivity contribution in [1.29, 1.82) is 0 Å². The highest BCUT2D eigenvalue weighted by Crippen LogP contribution is 2.28. The fraction of sp³-hybridized carbons (Fsp3) is 0.136. The molecule has 2 N–H and O–H groups in total. The van der Waals surface area contributed by atoms with Gasteiger partial charge in [-0.25, -0.2) is 13.2 Å². The fourth-order valence-electron chi connectivity index (χ4n) is 3.05. The van der Waals surface area contributed by atoms with Gasteiger partial charge in [-0.05, 0) is 46.5 Å². The van der Waals surface area contributed by atoms with E-state index in [1.165, 1.54) is 31.4 Å². The van der Waals surface area contributed by atoms with Crippen LogP contribution in [0.25, 0.3) is 11.1 Å². The number of carbonyl (C=O) groups is 1. The number of hydrogen-bond acceptors (Lipinski definition) is 6. The first-order chi connectivity index (χ1) is 13.9. The van der Waals surface area contributed by atoms with E-state index in [1.54, 1.807) is 30.3 Å². The van der Waals surface area contributed by atoms with Gasteiger partial charge < -0.3 is 14.9 Å². The van der Waals surface area contributed by atoms with Crippen molar-refractivity contribution in [3.05, 3.63) is 83.4 Å². The van der Waals surface area contributed by atoms with Crippen LogP contribution >= 0.6 is 0 Å². The normalized spacial score (nSPS) is 11.2. The van der Waals surface area contributed by atoms with Crippen LogP contribution in [-0.4, -0.2) is 31.7 Å². The zero-order valence-corrected chi connectivity index (χ0v) is 16.5. The third-order valence-electron chi connectivity index (χ3n) is 4.52. The summed E-state index contributed by atoms with van der Waals surface area (Å²) in [6.45, 7) is -0.154. The zero-order chi connectivity index (χ0) is 21.0. The van der Waals surface area contributed by atoms with E-state index in [2.05, 4.69) is 4.74 Å². The van der Waals surface area contributed by atoms with E-state index in [-0.39, 0.29) is 28.6 Å². The van der Waals surface area contributed by atoms with Crippen LogP contribution in [0.15, 0.2) is 71.6 Å². The Labute approximate surface area is 168 Å². The van der Waals surface area contributed by atoms with E-state index >= 15 is 0 Å². The molecule has 0 aromatic heterocycles. The van der Waals surface area contributed by atoms with Crippen LogP contribution in [0.1, 0.15) is 21.5 Å². The summed E-state index contributed by atoms with van der Waals surface area (Å²) < 4.78 is 30.4. The average molecular weight is 412 g/mol. The highest BCUT2D eigenvalue weighted by molar-refractivity contribution is 7.90. The summed E-state index contributed by atoms with van der Waals surface area (Å²) in [4.78, 5) is 11.7. The molecule has 3 aromatic rings. The van der Waals surface area contributed by atoms with Gasteiger partial charge in [0.05, 0.1) is 24.4 Å². The van der Waals surface area contributed by atoms with Gasteiger partial charge in [-0.1, -0.05) is 42.5 Å². The fourth-order valence-corrected chi connectivity index (χ4v) is 4.43. The number of benzene rings is 3. The van der Waals surface area contributed by atoms with Crippen LogP contribution in [0.5, 0.6) is 5.75 Å². The molecule has 0 fully saturated rings. The Hall–Kier alpha value is -3.16. The topological polar surface area (TPSA) is 101 Å². The SMILES string of the molecule is COC(=O)c1ccc(CS(=O)(=O)c2cccc(-c3ccccc3CO)c2)cc1O. The Bertz CT molecular complexity index is 1150. The highest BCUT2D eigenvalue weighted by atomic mass is 32.2. The highest BCUT2D eigenvalue weighted by Gasteiger charge is 2.19. The van der Waals surface area contributed by atoms with Crippen LogP contribution in [-0.2, 0) is 26.9 Å². The largest absolute Gasteiger partial charge is 0.507 e. The van der Waals surface area contributed by atoms with Gasteiger partial charge >= 0.3 is 5.97 Å². The van der Waals surface area contributed by atoms with Gasteiger partial charge in [0.1, 0.15) is 11.3 Å². The lowest BCUT2D eigenvalue weighted by Gasteiger charge is -2.11. The molecule has 0 aliphatic heterocycles. The molecule has 3 aromatic carbocycles. The van der Waals surface area contributed by atoms with Gasteiger partial charge in [0.2, 0.25) is 0 Å². The summed E-state index contributed by atoms with van der Waals surface area (Å²) in [5.74, 6) is -1.38. The van der Waals surface area contributed by atoms with Gasteiger partial charge in [0.15, 0.2) is 9.84 Å². The summed E-state index contributed by atoms with van der Waals surface area (Å²) in [7, 11) is -2.51. The number of aromatic hydroxyl groups is 1. The molecular weight excluding hydrogens is 392 g/mol. The van der Waals surface area contributed by atoms with Gasteiger partial charge in [0.25, 0.3) is 0 Å². The summed E-state index contributed by atoms with van der Waals surface area (Å²) in [5.41, 5.74) is 2.45. The van der Waals surface area contributed by atoms with Crippen molar-refractivity contribution in [3.8, 4) is 16.9 Å². The smallest absolute Gasteiger partial charge is 0.341 e. The summed E-state index contributed by atoms with van der Waals surface area (Å²) >= 11 is 0. The summed E-state index contributed by atoms with van der Waals surface area (Å²) in [6, 6.07) is 17.8. The molecule has 0 saturated carbocycles. The number of aliphatic hydroxyl groups is 1. The van der Waals surface area contributed by atoms with E-state index < -0.39 is 15.8 Å². The van der Waals surface area contributed by atoms with Crippen LogP contribution in [0.3, 0.4) is 0 Å². The van der Waals surface area contributed by atoms with Gasteiger partial charge in [-0.15, -0.1) is 0 Å². The third kappa shape index (κ3) is 4.47. The third-order valence-corrected chi connectivity index (χ3v) is 6.20. The second kappa shape index (κ2) is 8.46. The molecular formula is C22H20O6S. The Balaban J connectivity index is 1.93. The van der Waals surface area contributed by atoms with Crippen molar-refractivity contribution >= 4 is 15.8 Å². The van der Waals surface area contributed by atoms with Crippen molar-refractivity contribution < 1.29 is 28.2 Å². The quantitative estimate of drug-likeness (QED) is 0.603. The van der Waals surface area contributed by atoms with Crippen molar-refractivity contribution in [2.45, 2.75) is 17.3 Å². The molecule has 0 unspecified atom stereocenters. The minimum atomic E-state index is -3.71. The summed E-state index contributed by atoms with van der Waals surface area (Å²) in [5, 5.41) is 19.5. The van der Waals surface area contributed by atoms with Crippen molar-refractivity contribution in [1.82, 2.24) is 0 Å². The molecule has 7 heteroatoms. The van der Waals surface area contributed by atoms with E-state index in [0.717, 1.165) is 5.56 Å².